The van der Waals surface area contributed by atoms with E-state index in [9.17, 15) is 0 Å². The summed E-state index contributed by atoms with van der Waals surface area (Å²) in [6, 6.07) is 6.32. The van der Waals surface area contributed by atoms with Crippen molar-refractivity contribution >= 4 is 0 Å². The van der Waals surface area contributed by atoms with Crippen molar-refractivity contribution in [3.63, 3.8) is 0 Å². The molecular weight excluding hydrogens is 148 g/mol. The lowest BCUT2D eigenvalue weighted by Crippen LogP contribution is -1.91. The molecule has 0 bridgehead atoms. The number of hydrogen-bond donors (Lipinski definition) is 0. The van der Waals surface area contributed by atoms with Crippen LogP contribution in [-0.4, -0.2) is 7.11 Å². The normalized spacial score (nSPS) is 9.92. The first-order valence-corrected chi connectivity index (χ1v) is 4.41. The smallest absolute Gasteiger partial charge is 0.122 e. The van der Waals surface area contributed by atoms with Gasteiger partial charge in [-0.2, -0.15) is 0 Å². The topological polar surface area (TPSA) is 9.23 Å². The molecule has 1 rings (SSSR count). The van der Waals surface area contributed by atoms with Gasteiger partial charge in [-0.15, -0.1) is 0 Å². The monoisotopic (exact) mass is 164 g/mol. The maximum Gasteiger partial charge on any atom is 0.122 e. The Morgan fingerprint density at radius 2 is 2.08 bits per heavy atom. The Kier molecular flexibility index (Phi) is 3.15. The van der Waals surface area contributed by atoms with Crippen molar-refractivity contribution in [1.29, 1.82) is 0 Å². The summed E-state index contributed by atoms with van der Waals surface area (Å²) in [6.45, 7) is 4.29. The Bertz CT molecular complexity index is 253. The molecule has 1 nitrogen and oxygen atoms in total. The Labute approximate surface area is 74.4 Å². The summed E-state index contributed by atoms with van der Waals surface area (Å²) in [5.41, 5.74) is 2.62. The molecule has 0 unspecified atom stereocenters. The van der Waals surface area contributed by atoms with E-state index >= 15 is 0 Å². The summed E-state index contributed by atoms with van der Waals surface area (Å²) < 4.78 is 5.25. The van der Waals surface area contributed by atoms with Crippen LogP contribution in [0.4, 0.5) is 0 Å². The van der Waals surface area contributed by atoms with E-state index in [0.717, 1.165) is 12.2 Å². The molecule has 0 aliphatic rings. The van der Waals surface area contributed by atoms with Crippen molar-refractivity contribution in [3.8, 4) is 5.75 Å². The predicted molar refractivity (Wildman–Crippen MR) is 51.7 cm³/mol. The standard InChI is InChI=1S/C11H16O/c1-4-5-10-8-9(2)6-7-11(10)12-3/h6-8H,4-5H2,1-3H3. The molecule has 1 aromatic rings. The van der Waals surface area contributed by atoms with Crippen molar-refractivity contribution in [1.82, 2.24) is 0 Å². The number of benzene rings is 1. The van der Waals surface area contributed by atoms with Gasteiger partial charge in [0.05, 0.1) is 7.11 Å². The van der Waals surface area contributed by atoms with E-state index in [-0.39, 0.29) is 0 Å². The molecule has 0 spiro atoms. The van der Waals surface area contributed by atoms with Crippen LogP contribution in [0.1, 0.15) is 24.5 Å². The van der Waals surface area contributed by atoms with Crippen LogP contribution in [0.25, 0.3) is 0 Å². The molecule has 0 atom stereocenters. The summed E-state index contributed by atoms with van der Waals surface area (Å²) in [7, 11) is 1.73. The molecule has 0 aliphatic carbocycles. The number of methoxy groups -OCH3 is 1. The summed E-state index contributed by atoms with van der Waals surface area (Å²) >= 11 is 0. The minimum atomic E-state index is 1.02. The SMILES string of the molecule is CCCc1cc(C)ccc1OC. The summed E-state index contributed by atoms with van der Waals surface area (Å²) in [4.78, 5) is 0. The Morgan fingerprint density at radius 3 is 2.67 bits per heavy atom. The molecule has 0 fully saturated rings. The summed E-state index contributed by atoms with van der Waals surface area (Å²) in [5, 5.41) is 0. The van der Waals surface area contributed by atoms with E-state index in [2.05, 4.69) is 26.0 Å². The maximum absolute atomic E-state index is 5.25. The maximum atomic E-state index is 5.25. The van der Waals surface area contributed by atoms with Crippen molar-refractivity contribution in [3.05, 3.63) is 29.3 Å². The third-order valence-electron chi connectivity index (χ3n) is 1.96. The fourth-order valence-corrected chi connectivity index (χ4v) is 1.37. The fraction of sp³-hybridized carbons (Fsp3) is 0.455. The summed E-state index contributed by atoms with van der Waals surface area (Å²) in [5.74, 6) is 1.02. The molecule has 0 radical (unpaired) electrons. The third-order valence-corrected chi connectivity index (χ3v) is 1.96. The highest BCUT2D eigenvalue weighted by Gasteiger charge is 2.00. The second-order valence-electron chi connectivity index (χ2n) is 3.07. The van der Waals surface area contributed by atoms with Crippen LogP contribution in [0.3, 0.4) is 0 Å². The predicted octanol–water partition coefficient (Wildman–Crippen LogP) is 2.96. The van der Waals surface area contributed by atoms with Crippen LogP contribution in [-0.2, 0) is 6.42 Å². The highest BCUT2D eigenvalue weighted by molar-refractivity contribution is 5.36. The van der Waals surface area contributed by atoms with Crippen molar-refractivity contribution in [2.75, 3.05) is 7.11 Å². The van der Waals surface area contributed by atoms with Gasteiger partial charge in [-0.05, 0) is 25.0 Å². The second-order valence-corrected chi connectivity index (χ2v) is 3.07. The molecule has 0 N–H and O–H groups in total. The average Bonchev–Trinajstić information content (AvgIpc) is 2.05. The van der Waals surface area contributed by atoms with Gasteiger partial charge in [-0.25, -0.2) is 0 Å². The molecule has 0 heterocycles. The van der Waals surface area contributed by atoms with Crippen molar-refractivity contribution < 1.29 is 4.74 Å². The molecule has 1 aromatic carbocycles. The first-order chi connectivity index (χ1) is 5.77. The average molecular weight is 164 g/mol. The largest absolute Gasteiger partial charge is 0.496 e. The van der Waals surface area contributed by atoms with Gasteiger partial charge in [0.1, 0.15) is 5.75 Å². The molecule has 66 valence electrons. The van der Waals surface area contributed by atoms with Gasteiger partial charge in [0, 0.05) is 0 Å². The zero-order chi connectivity index (χ0) is 8.97. The molecule has 0 amide bonds. The van der Waals surface area contributed by atoms with Gasteiger partial charge in [0.25, 0.3) is 0 Å². The van der Waals surface area contributed by atoms with Crippen LogP contribution in [0, 0.1) is 6.92 Å². The molecule has 12 heavy (non-hydrogen) atoms. The van der Waals surface area contributed by atoms with Crippen LogP contribution < -0.4 is 4.74 Å². The van der Waals surface area contributed by atoms with E-state index in [0.29, 0.717) is 0 Å². The van der Waals surface area contributed by atoms with E-state index in [4.69, 9.17) is 4.74 Å². The second kappa shape index (κ2) is 4.15. The quantitative estimate of drug-likeness (QED) is 0.667. The first kappa shape index (κ1) is 9.11. The number of aryl methyl sites for hydroxylation is 2. The number of rotatable bonds is 3. The van der Waals surface area contributed by atoms with Gasteiger partial charge < -0.3 is 4.74 Å². The third kappa shape index (κ3) is 2.00. The van der Waals surface area contributed by atoms with Gasteiger partial charge >= 0.3 is 0 Å². The van der Waals surface area contributed by atoms with Crippen LogP contribution in [0.2, 0.25) is 0 Å². The summed E-state index contributed by atoms with van der Waals surface area (Å²) in [6.07, 6.45) is 2.27. The van der Waals surface area contributed by atoms with Crippen molar-refractivity contribution in [2.24, 2.45) is 0 Å². The Morgan fingerprint density at radius 1 is 1.33 bits per heavy atom. The van der Waals surface area contributed by atoms with Crippen LogP contribution in [0.5, 0.6) is 5.75 Å². The molecule has 0 aliphatic heterocycles. The lowest BCUT2D eigenvalue weighted by molar-refractivity contribution is 0.409. The number of ether oxygens (including phenoxy) is 1. The minimum absolute atomic E-state index is 1.02. The highest BCUT2D eigenvalue weighted by Crippen LogP contribution is 2.20. The first-order valence-electron chi connectivity index (χ1n) is 4.41. The molecular formula is C11H16O. The van der Waals surface area contributed by atoms with Gasteiger partial charge in [-0.3, -0.25) is 0 Å². The van der Waals surface area contributed by atoms with Gasteiger partial charge in [0.2, 0.25) is 0 Å². The van der Waals surface area contributed by atoms with E-state index in [1.54, 1.807) is 7.11 Å². The highest BCUT2D eigenvalue weighted by atomic mass is 16.5. The Hall–Kier alpha value is -0.980. The van der Waals surface area contributed by atoms with E-state index in [1.165, 1.54) is 17.5 Å². The zero-order valence-electron chi connectivity index (χ0n) is 8.05. The van der Waals surface area contributed by atoms with E-state index < -0.39 is 0 Å². The van der Waals surface area contributed by atoms with Crippen LogP contribution in [0.15, 0.2) is 18.2 Å². The zero-order valence-corrected chi connectivity index (χ0v) is 8.05. The van der Waals surface area contributed by atoms with Crippen LogP contribution >= 0.6 is 0 Å². The number of hydrogen-bond acceptors (Lipinski definition) is 1. The molecule has 1 heteroatoms. The lowest BCUT2D eigenvalue weighted by Gasteiger charge is -2.07. The lowest BCUT2D eigenvalue weighted by atomic mass is 10.1. The van der Waals surface area contributed by atoms with Crippen molar-refractivity contribution in [2.45, 2.75) is 26.7 Å². The van der Waals surface area contributed by atoms with E-state index in [1.807, 2.05) is 6.07 Å². The minimum Gasteiger partial charge on any atom is -0.496 e. The fourth-order valence-electron chi connectivity index (χ4n) is 1.37. The Balaban J connectivity index is 2.95. The van der Waals surface area contributed by atoms with Gasteiger partial charge in [-0.1, -0.05) is 31.0 Å². The molecule has 0 saturated heterocycles. The van der Waals surface area contributed by atoms with Gasteiger partial charge in [0.15, 0.2) is 0 Å². The molecule has 0 aromatic heterocycles. The molecule has 0 saturated carbocycles.